The lowest BCUT2D eigenvalue weighted by Crippen LogP contribution is -2.26. The Labute approximate surface area is 187 Å². The molecule has 0 aliphatic heterocycles. The second-order valence-electron chi connectivity index (χ2n) is 8.60. The van der Waals surface area contributed by atoms with Crippen LogP contribution in [0.3, 0.4) is 0 Å². The average Bonchev–Trinajstić information content (AvgIpc) is 3.16. The van der Waals surface area contributed by atoms with E-state index >= 15 is 0 Å². The van der Waals surface area contributed by atoms with Gasteiger partial charge in [-0.15, -0.1) is 0 Å². The standard InChI is InChI=1S/C26H27N3OS/c1-2-24(31-25-18(16-27)15-17-9-3-6-12-21(17)28-25)26(30)29-22-13-7-4-10-19(22)20-11-5-8-14-23(20)29/h4,7,10,13,15,24H,2-3,5-6,8-9,11-12,14H2,1H3. The molecule has 2 aliphatic carbocycles. The lowest BCUT2D eigenvalue weighted by molar-refractivity contribution is 0.0910. The molecule has 0 radical (unpaired) electrons. The highest BCUT2D eigenvalue weighted by Crippen LogP contribution is 2.36. The van der Waals surface area contributed by atoms with Gasteiger partial charge in [-0.05, 0) is 81.0 Å². The number of aryl methyl sites for hydroxylation is 3. The molecule has 5 rings (SSSR count). The molecule has 2 aromatic heterocycles. The van der Waals surface area contributed by atoms with Gasteiger partial charge >= 0.3 is 0 Å². The van der Waals surface area contributed by atoms with Crippen LogP contribution in [0.15, 0.2) is 35.4 Å². The van der Waals surface area contributed by atoms with Gasteiger partial charge in [0.2, 0.25) is 5.91 Å². The Morgan fingerprint density at radius 3 is 2.77 bits per heavy atom. The molecule has 2 aliphatic rings. The van der Waals surface area contributed by atoms with Crippen LogP contribution in [0.25, 0.3) is 10.9 Å². The zero-order valence-corrected chi connectivity index (χ0v) is 18.8. The van der Waals surface area contributed by atoms with Gasteiger partial charge in [0, 0.05) is 16.8 Å². The van der Waals surface area contributed by atoms with Gasteiger partial charge in [0.1, 0.15) is 11.1 Å². The van der Waals surface area contributed by atoms with Crippen molar-refractivity contribution in [1.29, 1.82) is 5.26 Å². The molecule has 31 heavy (non-hydrogen) atoms. The predicted octanol–water partition coefficient (Wildman–Crippen LogP) is 5.88. The number of carbonyl (C=O) groups excluding carboxylic acids is 1. The summed E-state index contributed by atoms with van der Waals surface area (Å²) in [5.41, 5.74) is 6.49. The smallest absolute Gasteiger partial charge is 0.244 e. The van der Waals surface area contributed by atoms with Crippen LogP contribution >= 0.6 is 11.8 Å². The highest BCUT2D eigenvalue weighted by molar-refractivity contribution is 8.00. The predicted molar refractivity (Wildman–Crippen MR) is 125 cm³/mol. The fourth-order valence-corrected chi connectivity index (χ4v) is 6.16. The number of nitriles is 1. The number of hydrogen-bond acceptors (Lipinski definition) is 4. The summed E-state index contributed by atoms with van der Waals surface area (Å²) < 4.78 is 1.98. The van der Waals surface area contributed by atoms with E-state index in [-0.39, 0.29) is 11.2 Å². The molecule has 0 fully saturated rings. The van der Waals surface area contributed by atoms with Crippen molar-refractivity contribution in [2.75, 3.05) is 0 Å². The molecule has 0 spiro atoms. The largest absolute Gasteiger partial charge is 0.283 e. The van der Waals surface area contributed by atoms with Crippen LogP contribution in [-0.2, 0) is 25.7 Å². The van der Waals surface area contributed by atoms with Crippen LogP contribution in [0, 0.1) is 11.3 Å². The Balaban J connectivity index is 1.54. The van der Waals surface area contributed by atoms with Crippen molar-refractivity contribution in [3.63, 3.8) is 0 Å². The molecule has 0 saturated heterocycles. The average molecular weight is 430 g/mol. The van der Waals surface area contributed by atoms with E-state index < -0.39 is 0 Å². The van der Waals surface area contributed by atoms with Crippen molar-refractivity contribution >= 4 is 28.6 Å². The zero-order valence-electron chi connectivity index (χ0n) is 18.0. The Morgan fingerprint density at radius 2 is 1.94 bits per heavy atom. The minimum Gasteiger partial charge on any atom is -0.283 e. The summed E-state index contributed by atoms with van der Waals surface area (Å²) in [6.07, 6.45) is 9.30. The second-order valence-corrected chi connectivity index (χ2v) is 9.80. The quantitative estimate of drug-likeness (QED) is 0.486. The number of thioether (sulfide) groups is 1. The van der Waals surface area contributed by atoms with Crippen LogP contribution in [-0.4, -0.2) is 20.7 Å². The summed E-state index contributed by atoms with van der Waals surface area (Å²) in [5, 5.41) is 11.4. The number of nitrogens with zero attached hydrogens (tertiary/aromatic N) is 3. The van der Waals surface area contributed by atoms with Gasteiger partial charge in [0.25, 0.3) is 0 Å². The lowest BCUT2D eigenvalue weighted by Gasteiger charge is -2.21. The van der Waals surface area contributed by atoms with Gasteiger partial charge in [-0.3, -0.25) is 9.36 Å². The van der Waals surface area contributed by atoms with Crippen molar-refractivity contribution < 1.29 is 4.79 Å². The molecule has 2 heterocycles. The highest BCUT2D eigenvalue weighted by Gasteiger charge is 2.29. The van der Waals surface area contributed by atoms with Crippen LogP contribution in [0.5, 0.6) is 0 Å². The molecule has 3 aromatic rings. The summed E-state index contributed by atoms with van der Waals surface area (Å²) in [7, 11) is 0. The molecule has 0 N–H and O–H groups in total. The number of pyridine rings is 1. The third-order valence-electron chi connectivity index (χ3n) is 6.69. The van der Waals surface area contributed by atoms with Gasteiger partial charge in [-0.2, -0.15) is 5.26 Å². The van der Waals surface area contributed by atoms with Crippen molar-refractivity contribution in [1.82, 2.24) is 9.55 Å². The maximum Gasteiger partial charge on any atom is 0.244 e. The summed E-state index contributed by atoms with van der Waals surface area (Å²) in [6.45, 7) is 2.05. The minimum atomic E-state index is -0.261. The molecule has 1 atom stereocenters. The number of benzene rings is 1. The molecule has 0 amide bonds. The molecule has 0 bridgehead atoms. The first-order chi connectivity index (χ1) is 15.2. The van der Waals surface area contributed by atoms with Crippen molar-refractivity contribution in [2.24, 2.45) is 0 Å². The third-order valence-corrected chi connectivity index (χ3v) is 8.04. The number of rotatable bonds is 4. The van der Waals surface area contributed by atoms with E-state index in [0.717, 1.165) is 56.2 Å². The van der Waals surface area contributed by atoms with E-state index in [1.807, 2.05) is 16.7 Å². The summed E-state index contributed by atoms with van der Waals surface area (Å²) in [5.74, 6) is 0.121. The van der Waals surface area contributed by atoms with Crippen molar-refractivity contribution in [3.8, 4) is 6.07 Å². The van der Waals surface area contributed by atoms with Gasteiger partial charge < -0.3 is 0 Å². The van der Waals surface area contributed by atoms with Crippen molar-refractivity contribution in [3.05, 3.63) is 58.4 Å². The topological polar surface area (TPSA) is 58.7 Å². The van der Waals surface area contributed by atoms with Gasteiger partial charge in [0.15, 0.2) is 0 Å². The number of carbonyl (C=O) groups is 1. The van der Waals surface area contributed by atoms with Crippen LogP contribution < -0.4 is 0 Å². The number of para-hydroxylation sites is 1. The van der Waals surface area contributed by atoms with E-state index in [4.69, 9.17) is 4.98 Å². The second kappa shape index (κ2) is 8.51. The van der Waals surface area contributed by atoms with Gasteiger partial charge in [-0.25, -0.2) is 4.98 Å². The molecule has 1 unspecified atom stereocenters. The van der Waals surface area contributed by atoms with E-state index in [9.17, 15) is 10.1 Å². The Hall–Kier alpha value is -2.58. The van der Waals surface area contributed by atoms with Crippen LogP contribution in [0.2, 0.25) is 0 Å². The molecule has 0 saturated carbocycles. The Morgan fingerprint density at radius 1 is 1.16 bits per heavy atom. The third kappa shape index (κ3) is 3.57. The van der Waals surface area contributed by atoms with Crippen molar-refractivity contribution in [2.45, 2.75) is 75.0 Å². The lowest BCUT2D eigenvalue weighted by atomic mass is 9.95. The number of aromatic nitrogens is 2. The Bertz CT molecular complexity index is 1200. The van der Waals surface area contributed by atoms with Gasteiger partial charge in [-0.1, -0.05) is 36.9 Å². The Kier molecular flexibility index (Phi) is 5.58. The van der Waals surface area contributed by atoms with Crippen LogP contribution in [0.4, 0.5) is 0 Å². The monoisotopic (exact) mass is 429 g/mol. The minimum absolute atomic E-state index is 0.121. The van der Waals surface area contributed by atoms with E-state index in [2.05, 4.69) is 31.2 Å². The van der Waals surface area contributed by atoms with Crippen LogP contribution in [0.1, 0.15) is 71.9 Å². The van der Waals surface area contributed by atoms with E-state index in [1.54, 1.807) is 0 Å². The number of fused-ring (bicyclic) bond motifs is 4. The fraction of sp³-hybridized carbons (Fsp3) is 0.423. The molecule has 158 valence electrons. The van der Waals surface area contributed by atoms with Gasteiger partial charge in [0.05, 0.1) is 16.3 Å². The first kappa shape index (κ1) is 20.3. The summed E-state index contributed by atoms with van der Waals surface area (Å²) in [6, 6.07) is 12.6. The zero-order chi connectivity index (χ0) is 21.4. The first-order valence-electron chi connectivity index (χ1n) is 11.5. The molecular weight excluding hydrogens is 402 g/mol. The maximum atomic E-state index is 13.8. The molecule has 5 heteroatoms. The molecule has 1 aromatic carbocycles. The van der Waals surface area contributed by atoms with E-state index in [0.29, 0.717) is 17.0 Å². The SMILES string of the molecule is CCC(Sc1nc2c(cc1C#N)CCCC2)C(=O)n1c2c(c3ccccc31)CCCC2. The fourth-order valence-electron chi connectivity index (χ4n) is 5.12. The summed E-state index contributed by atoms with van der Waals surface area (Å²) in [4.78, 5) is 18.7. The number of hydrogen-bond donors (Lipinski definition) is 0. The highest BCUT2D eigenvalue weighted by atomic mass is 32.2. The molecular formula is C26H27N3OS. The van der Waals surface area contributed by atoms with E-state index in [1.165, 1.54) is 40.4 Å². The maximum absolute atomic E-state index is 13.8. The molecule has 4 nitrogen and oxygen atoms in total. The summed E-state index contributed by atoms with van der Waals surface area (Å²) >= 11 is 1.47. The normalized spacial score (nSPS) is 16.4. The first-order valence-corrected chi connectivity index (χ1v) is 12.3.